The van der Waals surface area contributed by atoms with E-state index in [1.165, 1.54) is 11.3 Å². The molecule has 0 saturated heterocycles. The molecule has 1 N–H and O–H groups in total. The van der Waals surface area contributed by atoms with Crippen LogP contribution in [0.25, 0.3) is 0 Å². The molecule has 0 aliphatic carbocycles. The van der Waals surface area contributed by atoms with Crippen LogP contribution in [0, 0.1) is 0 Å². The van der Waals surface area contributed by atoms with Crippen molar-refractivity contribution in [1.82, 2.24) is 9.80 Å². The average molecular weight is 385 g/mol. The van der Waals surface area contributed by atoms with Gasteiger partial charge in [-0.15, -0.1) is 11.3 Å². The number of carbonyl (C=O) groups is 2. The van der Waals surface area contributed by atoms with E-state index in [-0.39, 0.29) is 17.8 Å². The number of thiophene rings is 1. The molecule has 1 amide bonds. The van der Waals surface area contributed by atoms with Crippen LogP contribution in [-0.4, -0.2) is 53.8 Å². The molecule has 2 aromatic rings. The molecule has 1 atom stereocenters. The summed E-state index contributed by atoms with van der Waals surface area (Å²) < 4.78 is 0. The summed E-state index contributed by atoms with van der Waals surface area (Å²) in [6, 6.07) is 13.1. The number of ketones is 1. The van der Waals surface area contributed by atoms with Gasteiger partial charge >= 0.3 is 0 Å². The molecule has 142 valence electrons. The van der Waals surface area contributed by atoms with Crippen molar-refractivity contribution in [1.29, 1.82) is 0 Å². The van der Waals surface area contributed by atoms with Crippen LogP contribution in [0.1, 0.15) is 22.9 Å². The average Bonchev–Trinajstić information content (AvgIpc) is 3.27. The van der Waals surface area contributed by atoms with Crippen molar-refractivity contribution < 1.29 is 14.7 Å². The van der Waals surface area contributed by atoms with Gasteiger partial charge in [0.15, 0.2) is 11.5 Å². The first-order chi connectivity index (χ1) is 13.0. The van der Waals surface area contributed by atoms with E-state index in [9.17, 15) is 14.7 Å². The molecule has 6 heteroatoms. The number of Topliss-reactive ketones (excluding diaryl/α,β-unsaturated/α-hetero) is 1. The van der Waals surface area contributed by atoms with E-state index in [4.69, 9.17) is 0 Å². The lowest BCUT2D eigenvalue weighted by Crippen LogP contribution is -2.36. The molecule has 27 heavy (non-hydrogen) atoms. The third-order valence-electron chi connectivity index (χ3n) is 4.69. The third-order valence-corrected chi connectivity index (χ3v) is 5.61. The number of benzene rings is 1. The van der Waals surface area contributed by atoms with Crippen LogP contribution >= 0.6 is 11.3 Å². The Labute approximate surface area is 163 Å². The summed E-state index contributed by atoms with van der Waals surface area (Å²) in [5.74, 6) is -1.03. The maximum absolute atomic E-state index is 13.0. The number of rotatable bonds is 8. The first kappa shape index (κ1) is 19.3. The maximum Gasteiger partial charge on any atom is 0.290 e. The SMILES string of the molecule is CN(C)CCN1C(=O)C(O)=C(C(=O)CCc2ccccc2)C1c1cccs1. The van der Waals surface area contributed by atoms with E-state index in [2.05, 4.69) is 0 Å². The van der Waals surface area contributed by atoms with Crippen LogP contribution in [0.5, 0.6) is 0 Å². The van der Waals surface area contributed by atoms with Crippen LogP contribution in [0.2, 0.25) is 0 Å². The molecular formula is C21H24N2O3S. The lowest BCUT2D eigenvalue weighted by atomic mass is 9.97. The van der Waals surface area contributed by atoms with Crippen LogP contribution in [0.15, 0.2) is 59.2 Å². The van der Waals surface area contributed by atoms with Crippen molar-refractivity contribution in [3.05, 3.63) is 69.6 Å². The summed E-state index contributed by atoms with van der Waals surface area (Å²) in [4.78, 5) is 30.1. The van der Waals surface area contributed by atoms with E-state index < -0.39 is 17.7 Å². The van der Waals surface area contributed by atoms with Crippen molar-refractivity contribution in [2.24, 2.45) is 0 Å². The Kier molecular flexibility index (Phi) is 6.08. The van der Waals surface area contributed by atoms with Crippen LogP contribution < -0.4 is 0 Å². The second-order valence-corrected chi connectivity index (χ2v) is 7.87. The predicted molar refractivity (Wildman–Crippen MR) is 107 cm³/mol. The monoisotopic (exact) mass is 384 g/mol. The van der Waals surface area contributed by atoms with E-state index in [1.807, 2.05) is 66.8 Å². The summed E-state index contributed by atoms with van der Waals surface area (Å²) in [5.41, 5.74) is 1.30. The smallest absolute Gasteiger partial charge is 0.290 e. The molecule has 0 saturated carbocycles. The highest BCUT2D eigenvalue weighted by Crippen LogP contribution is 2.39. The zero-order chi connectivity index (χ0) is 19.4. The first-order valence-corrected chi connectivity index (χ1v) is 9.86. The topological polar surface area (TPSA) is 60.9 Å². The second kappa shape index (κ2) is 8.50. The summed E-state index contributed by atoms with van der Waals surface area (Å²) >= 11 is 1.49. The van der Waals surface area contributed by atoms with E-state index in [0.29, 0.717) is 19.5 Å². The first-order valence-electron chi connectivity index (χ1n) is 8.98. The molecule has 1 aromatic carbocycles. The molecule has 2 heterocycles. The number of amides is 1. The third kappa shape index (κ3) is 4.28. The number of hydrogen-bond acceptors (Lipinski definition) is 5. The highest BCUT2D eigenvalue weighted by atomic mass is 32.1. The summed E-state index contributed by atoms with van der Waals surface area (Å²) in [7, 11) is 3.86. The van der Waals surface area contributed by atoms with Crippen LogP contribution in [0.4, 0.5) is 0 Å². The molecule has 1 aromatic heterocycles. The molecule has 1 aliphatic rings. The number of hydrogen-bond donors (Lipinski definition) is 1. The van der Waals surface area contributed by atoms with Crippen molar-refractivity contribution in [3.63, 3.8) is 0 Å². The molecular weight excluding hydrogens is 360 g/mol. The molecule has 1 aliphatic heterocycles. The van der Waals surface area contributed by atoms with Crippen LogP contribution in [0.3, 0.4) is 0 Å². The predicted octanol–water partition coefficient (Wildman–Crippen LogP) is 3.21. The molecule has 1 unspecified atom stereocenters. The Morgan fingerprint density at radius 3 is 2.56 bits per heavy atom. The summed E-state index contributed by atoms with van der Waals surface area (Å²) in [5, 5.41) is 12.4. The second-order valence-electron chi connectivity index (χ2n) is 6.89. The van der Waals surface area contributed by atoms with Gasteiger partial charge in [-0.25, -0.2) is 0 Å². The molecule has 0 bridgehead atoms. The molecule has 0 spiro atoms. The maximum atomic E-state index is 13.0. The van der Waals surface area contributed by atoms with Gasteiger partial charge in [-0.1, -0.05) is 36.4 Å². The number of nitrogens with zero attached hydrogens (tertiary/aromatic N) is 2. The van der Waals surface area contributed by atoms with Gasteiger partial charge in [-0.05, 0) is 37.5 Å². The quantitative estimate of drug-likeness (QED) is 0.759. The van der Waals surface area contributed by atoms with E-state index in [1.54, 1.807) is 4.90 Å². The van der Waals surface area contributed by atoms with Crippen molar-refractivity contribution in [2.45, 2.75) is 18.9 Å². The normalized spacial score (nSPS) is 17.2. The molecule has 3 rings (SSSR count). The van der Waals surface area contributed by atoms with Gasteiger partial charge in [-0.3, -0.25) is 9.59 Å². The van der Waals surface area contributed by atoms with E-state index >= 15 is 0 Å². The standard InChI is InChI=1S/C21H24N2O3S/c1-22(2)12-13-23-19(17-9-6-14-27-17)18(20(25)21(23)26)16(24)11-10-15-7-4-3-5-8-15/h3-9,14,19,25H,10-13H2,1-2H3. The Balaban J connectivity index is 1.84. The Hall–Kier alpha value is -2.44. The number of aliphatic hydroxyl groups is 1. The molecule has 0 radical (unpaired) electrons. The van der Waals surface area contributed by atoms with Gasteiger partial charge in [0.25, 0.3) is 5.91 Å². The van der Waals surface area contributed by atoms with Crippen LogP contribution in [-0.2, 0) is 16.0 Å². The molecule has 5 nitrogen and oxygen atoms in total. The molecule has 0 fully saturated rings. The van der Waals surface area contributed by atoms with Gasteiger partial charge in [0.1, 0.15) is 0 Å². The Morgan fingerprint density at radius 1 is 1.19 bits per heavy atom. The van der Waals surface area contributed by atoms with Gasteiger partial charge in [0.2, 0.25) is 0 Å². The van der Waals surface area contributed by atoms with Crippen molar-refractivity contribution >= 4 is 23.0 Å². The number of likely N-dealkylation sites (N-methyl/N-ethyl adjacent to an activating group) is 1. The fraction of sp³-hybridized carbons (Fsp3) is 0.333. The fourth-order valence-corrected chi connectivity index (χ4v) is 4.10. The lowest BCUT2D eigenvalue weighted by molar-refractivity contribution is -0.129. The zero-order valence-corrected chi connectivity index (χ0v) is 16.4. The van der Waals surface area contributed by atoms with Gasteiger partial charge in [0, 0.05) is 24.4 Å². The highest BCUT2D eigenvalue weighted by Gasteiger charge is 2.43. The summed E-state index contributed by atoms with van der Waals surface area (Å²) in [6.07, 6.45) is 0.847. The summed E-state index contributed by atoms with van der Waals surface area (Å²) in [6.45, 7) is 1.11. The largest absolute Gasteiger partial charge is 0.503 e. The minimum atomic E-state index is -0.499. The highest BCUT2D eigenvalue weighted by molar-refractivity contribution is 7.10. The number of aliphatic hydroxyl groups excluding tert-OH is 1. The fourth-order valence-electron chi connectivity index (χ4n) is 3.26. The van der Waals surface area contributed by atoms with Gasteiger partial charge in [0.05, 0.1) is 11.6 Å². The minimum absolute atomic E-state index is 0.171. The van der Waals surface area contributed by atoms with Gasteiger partial charge < -0.3 is 14.9 Å². The Bertz CT molecular complexity index is 828. The van der Waals surface area contributed by atoms with E-state index in [0.717, 1.165) is 10.4 Å². The number of aryl methyl sites for hydroxylation is 1. The number of carbonyl (C=O) groups excluding carboxylic acids is 2. The van der Waals surface area contributed by atoms with Crippen molar-refractivity contribution in [3.8, 4) is 0 Å². The van der Waals surface area contributed by atoms with Crippen molar-refractivity contribution in [2.75, 3.05) is 27.2 Å². The minimum Gasteiger partial charge on any atom is -0.503 e. The lowest BCUT2D eigenvalue weighted by Gasteiger charge is -2.27. The zero-order valence-electron chi connectivity index (χ0n) is 15.6. The Morgan fingerprint density at radius 2 is 1.93 bits per heavy atom. The van der Waals surface area contributed by atoms with Gasteiger partial charge in [-0.2, -0.15) is 0 Å².